The van der Waals surface area contributed by atoms with Crippen LogP contribution in [0.5, 0.6) is 0 Å². The summed E-state index contributed by atoms with van der Waals surface area (Å²) < 4.78 is 2.89. The molecule has 1 nitrogen and oxygen atoms in total. The van der Waals surface area contributed by atoms with E-state index in [0.717, 1.165) is 5.56 Å². The van der Waals surface area contributed by atoms with Crippen LogP contribution in [0.2, 0.25) is 0 Å². The second-order valence-corrected chi connectivity index (χ2v) is 16.1. The van der Waals surface area contributed by atoms with Gasteiger partial charge in [-0.3, -0.25) is 0 Å². The number of fused-ring (bicyclic) bond motifs is 7. The second-order valence-electron chi connectivity index (χ2n) is 13.8. The number of hydrogen-bond donors (Lipinski definition) is 0. The molecule has 0 amide bonds. The fourth-order valence-electron chi connectivity index (χ4n) is 8.70. The summed E-state index contributed by atoms with van der Waals surface area (Å²) in [4.78, 5) is 4.49. The summed E-state index contributed by atoms with van der Waals surface area (Å²) in [5.74, 6) is 0. The van der Waals surface area contributed by atoms with Crippen LogP contribution < -0.4 is 0 Å². The Morgan fingerprint density at radius 1 is 0.283 bits per heavy atom. The Kier molecular flexibility index (Phi) is 6.95. The van der Waals surface area contributed by atoms with Crippen molar-refractivity contribution in [3.63, 3.8) is 0 Å². The molecular weight excluding hydrogens is 706 g/mol. The summed E-state index contributed by atoms with van der Waals surface area (Å²) >= 11 is 0.210. The first-order valence-electron chi connectivity index (χ1n) is 18.1. The molecule has 0 saturated carbocycles. The predicted octanol–water partition coefficient (Wildman–Crippen LogP) is 13.7. The molecule has 0 spiro atoms. The van der Waals surface area contributed by atoms with Crippen molar-refractivity contribution in [3.05, 3.63) is 188 Å². The minimum absolute atomic E-state index is 0.210. The molecule has 0 unspecified atom stereocenters. The molecule has 0 radical (unpaired) electrons. The zero-order valence-corrected chi connectivity index (χ0v) is 30.5. The first kappa shape index (κ1) is 30.3. The fourth-order valence-corrected chi connectivity index (χ4v) is 11.1. The molecule has 0 bridgehead atoms. The average Bonchev–Trinajstić information content (AvgIpc) is 3.59. The van der Waals surface area contributed by atoms with E-state index in [4.69, 9.17) is 0 Å². The Morgan fingerprint density at radius 2 is 0.717 bits per heavy atom. The van der Waals surface area contributed by atoms with Gasteiger partial charge in [-0.25, -0.2) is 0 Å². The van der Waals surface area contributed by atoms with E-state index in [1.54, 1.807) is 0 Å². The molecule has 2 aromatic heterocycles. The monoisotopic (exact) mass is 737 g/mol. The topological polar surface area (TPSA) is 12.9 Å². The Morgan fingerprint density at radius 3 is 1.23 bits per heavy atom. The van der Waals surface area contributed by atoms with E-state index >= 15 is 0 Å². The number of pyridine rings is 1. The maximum atomic E-state index is 4.49. The van der Waals surface area contributed by atoms with Gasteiger partial charge >= 0.3 is 315 Å². The molecule has 0 atom stereocenters. The van der Waals surface area contributed by atoms with Crippen LogP contribution in [0.4, 0.5) is 0 Å². The summed E-state index contributed by atoms with van der Waals surface area (Å²) in [5.41, 5.74) is 10.1. The van der Waals surface area contributed by atoms with Crippen LogP contribution in [0.1, 0.15) is 0 Å². The number of aromatic nitrogens is 1. The predicted molar refractivity (Wildman–Crippen MR) is 228 cm³/mol. The molecule has 53 heavy (non-hydrogen) atoms. The fraction of sp³-hybridized carbons (Fsp3) is 0. The molecule has 11 aromatic rings. The summed E-state index contributed by atoms with van der Waals surface area (Å²) in [6.45, 7) is 0. The third-order valence-corrected chi connectivity index (χ3v) is 13.3. The maximum absolute atomic E-state index is 4.49. The Bertz CT molecular complexity index is 3100. The standard InChI is InChI=1S/C51H31NSe/c1-2-13-32(14-3-1)48-37-16-4-6-18-39(37)49(40-19-7-5-17-38(40)48)33-25-27-46-45(29-33)36-26-24-34(30-47(36)53-46)50-41-20-8-10-22-43(41)51(35-15-12-28-52-31-35)44-23-11-9-21-42(44)50/h1-31H. The van der Waals surface area contributed by atoms with Crippen LogP contribution in [0.15, 0.2) is 188 Å². The number of hydrogen-bond acceptors (Lipinski definition) is 1. The van der Waals surface area contributed by atoms with Crippen LogP contribution in [0.25, 0.3) is 107 Å². The van der Waals surface area contributed by atoms with Crippen LogP contribution in [0, 0.1) is 0 Å². The Balaban J connectivity index is 1.13. The van der Waals surface area contributed by atoms with Gasteiger partial charge in [0.05, 0.1) is 0 Å². The van der Waals surface area contributed by atoms with E-state index in [-0.39, 0.29) is 14.5 Å². The van der Waals surface area contributed by atoms with E-state index in [9.17, 15) is 0 Å². The molecule has 0 N–H and O–H groups in total. The van der Waals surface area contributed by atoms with Gasteiger partial charge in [-0.1, -0.05) is 0 Å². The van der Waals surface area contributed by atoms with Gasteiger partial charge in [-0.15, -0.1) is 0 Å². The molecule has 246 valence electrons. The molecule has 0 aliphatic heterocycles. The first-order valence-corrected chi connectivity index (χ1v) is 19.8. The van der Waals surface area contributed by atoms with Crippen molar-refractivity contribution in [2.45, 2.75) is 0 Å². The molecule has 11 rings (SSSR count). The number of benzene rings is 9. The summed E-state index contributed by atoms with van der Waals surface area (Å²) in [7, 11) is 0. The van der Waals surface area contributed by atoms with Crippen molar-refractivity contribution in [1.82, 2.24) is 4.98 Å². The van der Waals surface area contributed by atoms with Gasteiger partial charge in [-0.2, -0.15) is 0 Å². The molecule has 2 heteroatoms. The molecule has 0 aliphatic rings. The van der Waals surface area contributed by atoms with Crippen LogP contribution in [-0.2, 0) is 0 Å². The average molecular weight is 737 g/mol. The minimum atomic E-state index is 0.210. The van der Waals surface area contributed by atoms with Gasteiger partial charge in [0, 0.05) is 0 Å². The van der Waals surface area contributed by atoms with Gasteiger partial charge in [0.1, 0.15) is 0 Å². The Labute approximate surface area is 313 Å². The summed E-state index contributed by atoms with van der Waals surface area (Å²) in [5, 5.41) is 12.9. The van der Waals surface area contributed by atoms with Crippen LogP contribution in [0.3, 0.4) is 0 Å². The normalized spacial score (nSPS) is 11.8. The molecule has 0 saturated heterocycles. The number of rotatable bonds is 4. The van der Waals surface area contributed by atoms with Crippen LogP contribution in [-0.4, -0.2) is 19.5 Å². The summed E-state index contributed by atoms with van der Waals surface area (Å²) in [6, 6.07) is 65.1. The SMILES string of the molecule is c1ccc(-c2c3ccccc3c(-c3ccc4[se]c5cc(-c6c7ccccc7c(-c7cccnc7)c7ccccc67)ccc5c4c3)c3ccccc23)cc1. The van der Waals surface area contributed by atoms with Gasteiger partial charge in [0.25, 0.3) is 0 Å². The quantitative estimate of drug-likeness (QED) is 0.130. The van der Waals surface area contributed by atoms with Crippen molar-refractivity contribution >= 4 is 76.9 Å². The molecule has 0 fully saturated rings. The van der Waals surface area contributed by atoms with Crippen LogP contribution >= 0.6 is 0 Å². The first-order chi connectivity index (χ1) is 26.3. The zero-order chi connectivity index (χ0) is 34.9. The molecular formula is C51H31NSe. The second kappa shape index (κ2) is 12.1. The Hall–Kier alpha value is -6.31. The number of nitrogens with zero attached hydrogens (tertiary/aromatic N) is 1. The molecule has 2 heterocycles. The van der Waals surface area contributed by atoms with Gasteiger partial charge in [0.2, 0.25) is 0 Å². The third kappa shape index (κ3) is 4.74. The van der Waals surface area contributed by atoms with E-state index in [1.165, 1.54) is 101 Å². The van der Waals surface area contributed by atoms with Gasteiger partial charge in [-0.05, 0) is 0 Å². The van der Waals surface area contributed by atoms with Gasteiger partial charge in [0.15, 0.2) is 0 Å². The van der Waals surface area contributed by atoms with Crippen molar-refractivity contribution in [2.24, 2.45) is 0 Å². The summed E-state index contributed by atoms with van der Waals surface area (Å²) in [6.07, 6.45) is 3.84. The molecule has 9 aromatic carbocycles. The third-order valence-electron chi connectivity index (χ3n) is 10.9. The van der Waals surface area contributed by atoms with Crippen molar-refractivity contribution < 1.29 is 0 Å². The van der Waals surface area contributed by atoms with E-state index < -0.39 is 0 Å². The van der Waals surface area contributed by atoms with Crippen molar-refractivity contribution in [1.29, 1.82) is 0 Å². The van der Waals surface area contributed by atoms with Gasteiger partial charge < -0.3 is 0 Å². The van der Waals surface area contributed by atoms with Crippen molar-refractivity contribution in [2.75, 3.05) is 0 Å². The van der Waals surface area contributed by atoms with E-state index in [2.05, 4.69) is 175 Å². The zero-order valence-electron chi connectivity index (χ0n) is 28.8. The van der Waals surface area contributed by atoms with E-state index in [1.807, 2.05) is 18.5 Å². The van der Waals surface area contributed by atoms with E-state index in [0.29, 0.717) is 0 Å². The van der Waals surface area contributed by atoms with Crippen molar-refractivity contribution in [3.8, 4) is 44.5 Å². The molecule has 0 aliphatic carbocycles.